The molecule has 0 N–H and O–H groups in total. The van der Waals surface area contributed by atoms with Crippen LogP contribution in [0.25, 0.3) is 0 Å². The third-order valence-corrected chi connectivity index (χ3v) is 10.0. The van der Waals surface area contributed by atoms with Gasteiger partial charge in [0.05, 0.1) is 24.7 Å². The molecule has 2 aliphatic rings. The molecule has 0 aromatic rings. The van der Waals surface area contributed by atoms with Crippen LogP contribution in [0.3, 0.4) is 0 Å². The van der Waals surface area contributed by atoms with Crippen molar-refractivity contribution in [3.8, 4) is 0 Å². The number of esters is 4. The molecule has 2 aliphatic heterocycles. The van der Waals surface area contributed by atoms with E-state index in [1.165, 1.54) is 161 Å². The maximum absolute atomic E-state index is 11.3. The van der Waals surface area contributed by atoms with Crippen LogP contribution in [0.5, 0.6) is 0 Å². The maximum Gasteiger partial charge on any atom is 0.317 e. The van der Waals surface area contributed by atoms with Gasteiger partial charge in [-0.25, -0.2) is 0 Å². The molecule has 0 aromatic heterocycles. The molecule has 0 aliphatic carbocycles. The van der Waals surface area contributed by atoms with Crippen LogP contribution in [0.1, 0.15) is 219 Å². The van der Waals surface area contributed by atoms with Crippen LogP contribution in [0, 0.1) is 11.8 Å². The minimum atomic E-state index is -0.344. The Bertz CT molecular complexity index is 921. The molecule has 6 heteroatoms. The largest absolute Gasteiger partial charge is 0.393 e. The number of ether oxygens (including phenoxy) is 2. The van der Waals surface area contributed by atoms with Crippen molar-refractivity contribution in [2.24, 2.45) is 11.8 Å². The minimum Gasteiger partial charge on any atom is -0.393 e. The summed E-state index contributed by atoms with van der Waals surface area (Å²) in [5, 5.41) is 0. The van der Waals surface area contributed by atoms with E-state index in [4.69, 9.17) is 0 Å². The van der Waals surface area contributed by atoms with E-state index in [-0.39, 0.29) is 35.7 Å². The van der Waals surface area contributed by atoms with E-state index < -0.39 is 0 Å². The van der Waals surface area contributed by atoms with E-state index in [9.17, 15) is 19.2 Å². The summed E-state index contributed by atoms with van der Waals surface area (Å²) >= 11 is 0. The molecule has 0 amide bonds. The second-order valence-corrected chi connectivity index (χ2v) is 14.8. The summed E-state index contributed by atoms with van der Waals surface area (Å²) in [4.78, 5) is 44.6. The van der Waals surface area contributed by atoms with Gasteiger partial charge in [0, 0.05) is 0 Å². The molecule has 50 heavy (non-hydrogen) atoms. The first-order chi connectivity index (χ1) is 24.5. The quantitative estimate of drug-likeness (QED) is 0.0300. The zero-order valence-electron chi connectivity index (χ0n) is 32.5. The number of carbonyl (C=O) groups is 4. The molecular formula is C44H76O6. The predicted molar refractivity (Wildman–Crippen MR) is 207 cm³/mol. The Morgan fingerprint density at radius 1 is 0.420 bits per heavy atom. The van der Waals surface area contributed by atoms with Gasteiger partial charge in [0.25, 0.3) is 0 Å². The fourth-order valence-electron chi connectivity index (χ4n) is 6.83. The summed E-state index contributed by atoms with van der Waals surface area (Å²) in [6.07, 6.45) is 47.7. The van der Waals surface area contributed by atoms with Gasteiger partial charge in [-0.3, -0.25) is 19.2 Å². The number of rotatable bonds is 32. The fraction of sp³-hybridized carbons (Fsp3) is 0.818. The summed E-state index contributed by atoms with van der Waals surface area (Å²) in [6, 6.07) is 0. The second kappa shape index (κ2) is 33.9. The van der Waals surface area contributed by atoms with E-state index >= 15 is 0 Å². The lowest BCUT2D eigenvalue weighted by Crippen LogP contribution is -2.06. The first-order valence-corrected chi connectivity index (χ1v) is 21.3. The summed E-state index contributed by atoms with van der Waals surface area (Å²) in [6.45, 7) is 4.41. The standard InChI is InChI=1S/2C22H38O3/c2*1-2-3-4-5-6-7-8-9-10-11-12-13-14-15-16-17-18-20-19-21(23)25-22(20)24/h4-5,20H,2-3,6-19H2,1H3;3-4,20H,2,5-19H2,1H3. The highest BCUT2D eigenvalue weighted by Gasteiger charge is 2.33. The van der Waals surface area contributed by atoms with Gasteiger partial charge < -0.3 is 9.47 Å². The smallest absolute Gasteiger partial charge is 0.317 e. The monoisotopic (exact) mass is 701 g/mol. The lowest BCUT2D eigenvalue weighted by Gasteiger charge is -2.05. The summed E-state index contributed by atoms with van der Waals surface area (Å²) < 4.78 is 9.14. The van der Waals surface area contributed by atoms with Gasteiger partial charge in [-0.15, -0.1) is 0 Å². The van der Waals surface area contributed by atoms with Crippen LogP contribution in [0.15, 0.2) is 24.3 Å². The first kappa shape index (κ1) is 45.8. The van der Waals surface area contributed by atoms with Gasteiger partial charge in [-0.1, -0.05) is 179 Å². The van der Waals surface area contributed by atoms with Gasteiger partial charge in [0.2, 0.25) is 0 Å². The lowest BCUT2D eigenvalue weighted by molar-refractivity contribution is -0.155. The average molecular weight is 701 g/mol. The number of hydrogen-bond donors (Lipinski definition) is 0. The maximum atomic E-state index is 11.3. The molecule has 2 heterocycles. The average Bonchev–Trinajstić information content (AvgIpc) is 3.61. The third kappa shape index (κ3) is 27.5. The zero-order chi connectivity index (χ0) is 36.3. The first-order valence-electron chi connectivity index (χ1n) is 21.3. The molecule has 0 radical (unpaired) electrons. The van der Waals surface area contributed by atoms with Gasteiger partial charge in [0.1, 0.15) is 0 Å². The molecule has 0 saturated carbocycles. The Labute approximate surface area is 307 Å². The molecule has 2 rings (SSSR count). The number of hydrogen-bond acceptors (Lipinski definition) is 6. The van der Waals surface area contributed by atoms with Crippen molar-refractivity contribution in [3.63, 3.8) is 0 Å². The predicted octanol–water partition coefficient (Wildman–Crippen LogP) is 13.0. The number of carbonyl (C=O) groups excluding carboxylic acids is 4. The van der Waals surface area contributed by atoms with Gasteiger partial charge in [0.15, 0.2) is 0 Å². The van der Waals surface area contributed by atoms with Crippen LogP contribution < -0.4 is 0 Å². The van der Waals surface area contributed by atoms with E-state index in [0.29, 0.717) is 12.8 Å². The summed E-state index contributed by atoms with van der Waals surface area (Å²) in [7, 11) is 0. The van der Waals surface area contributed by atoms with Gasteiger partial charge in [-0.05, 0) is 51.4 Å². The van der Waals surface area contributed by atoms with Crippen LogP contribution in [0.4, 0.5) is 0 Å². The van der Waals surface area contributed by atoms with E-state index in [1.54, 1.807) is 0 Å². The molecule has 6 nitrogen and oxygen atoms in total. The highest BCUT2D eigenvalue weighted by Crippen LogP contribution is 2.24. The Kier molecular flexibility index (Phi) is 31.0. The normalized spacial score (nSPS) is 17.6. The van der Waals surface area contributed by atoms with Gasteiger partial charge >= 0.3 is 23.9 Å². The van der Waals surface area contributed by atoms with Crippen molar-refractivity contribution in [2.45, 2.75) is 219 Å². The highest BCUT2D eigenvalue weighted by molar-refractivity contribution is 5.95. The molecule has 288 valence electrons. The van der Waals surface area contributed by atoms with E-state index in [1.807, 2.05) is 0 Å². The zero-order valence-corrected chi connectivity index (χ0v) is 32.5. The van der Waals surface area contributed by atoms with Gasteiger partial charge in [-0.2, -0.15) is 0 Å². The molecule has 2 unspecified atom stereocenters. The van der Waals surface area contributed by atoms with Crippen molar-refractivity contribution in [2.75, 3.05) is 0 Å². The second-order valence-electron chi connectivity index (χ2n) is 14.8. The lowest BCUT2D eigenvalue weighted by atomic mass is 9.98. The van der Waals surface area contributed by atoms with Crippen molar-refractivity contribution in [1.82, 2.24) is 0 Å². The molecule has 2 saturated heterocycles. The third-order valence-electron chi connectivity index (χ3n) is 10.0. The molecule has 2 atom stereocenters. The SMILES string of the molecule is CCC=CCCCCCCCCCCCCCCC1CC(=O)OC1=O.CCCC=CCCCCCCCCCCCCCC1CC(=O)OC1=O. The number of cyclic esters (lactones) is 4. The van der Waals surface area contributed by atoms with E-state index in [0.717, 1.165) is 32.1 Å². The fourth-order valence-corrected chi connectivity index (χ4v) is 6.83. The summed E-state index contributed by atoms with van der Waals surface area (Å²) in [5.41, 5.74) is 0. The number of unbranched alkanes of at least 4 members (excludes halogenated alkanes) is 24. The van der Waals surface area contributed by atoms with E-state index in [2.05, 4.69) is 47.6 Å². The van der Waals surface area contributed by atoms with Crippen molar-refractivity contribution in [1.29, 1.82) is 0 Å². The minimum absolute atomic E-state index is 0.157. The Morgan fingerprint density at radius 2 is 0.720 bits per heavy atom. The van der Waals surface area contributed by atoms with Crippen molar-refractivity contribution in [3.05, 3.63) is 24.3 Å². The Morgan fingerprint density at radius 3 is 1.02 bits per heavy atom. The summed E-state index contributed by atoms with van der Waals surface area (Å²) in [5.74, 6) is -1.61. The Hall–Kier alpha value is -2.24. The molecule has 0 spiro atoms. The molecular weight excluding hydrogens is 624 g/mol. The highest BCUT2D eigenvalue weighted by atomic mass is 16.6. The number of allylic oxidation sites excluding steroid dienone is 4. The van der Waals surface area contributed by atoms with Crippen LogP contribution in [-0.4, -0.2) is 23.9 Å². The topological polar surface area (TPSA) is 86.7 Å². The molecule has 2 fully saturated rings. The van der Waals surface area contributed by atoms with Crippen LogP contribution in [0.2, 0.25) is 0 Å². The van der Waals surface area contributed by atoms with Crippen molar-refractivity contribution >= 4 is 23.9 Å². The van der Waals surface area contributed by atoms with Crippen molar-refractivity contribution < 1.29 is 28.7 Å². The Balaban J connectivity index is 0.000000500. The van der Waals surface area contributed by atoms with Crippen LogP contribution >= 0.6 is 0 Å². The molecule has 0 aromatic carbocycles. The van der Waals surface area contributed by atoms with Crippen LogP contribution in [-0.2, 0) is 28.7 Å². The molecule has 0 bridgehead atoms.